The summed E-state index contributed by atoms with van der Waals surface area (Å²) in [5.74, 6) is 0.0732. The van der Waals surface area contributed by atoms with Crippen molar-refractivity contribution >= 4 is 27.7 Å². The standard InChI is InChI=1S/C17H18N4O2/c1-19-17(23)16-13(10-18-19)12-6-2-3-7-14(12)21(16)11-15(22)20-8-4-5-9-20/h2-3,6-7,10H,4-5,8-9,11H2,1H3. The monoisotopic (exact) mass is 310 g/mol. The van der Waals surface area contributed by atoms with Gasteiger partial charge in [-0.2, -0.15) is 5.10 Å². The van der Waals surface area contributed by atoms with Crippen LogP contribution in [0.1, 0.15) is 12.8 Å². The lowest BCUT2D eigenvalue weighted by Gasteiger charge is -2.16. The molecule has 0 unspecified atom stereocenters. The first-order chi connectivity index (χ1) is 11.2. The van der Waals surface area contributed by atoms with Crippen molar-refractivity contribution in [2.24, 2.45) is 7.05 Å². The number of carbonyl (C=O) groups excluding carboxylic acids is 1. The Balaban J connectivity index is 1.93. The van der Waals surface area contributed by atoms with Crippen molar-refractivity contribution in [1.82, 2.24) is 19.2 Å². The lowest BCUT2D eigenvalue weighted by molar-refractivity contribution is -0.130. The van der Waals surface area contributed by atoms with E-state index in [4.69, 9.17) is 0 Å². The van der Waals surface area contributed by atoms with Crippen LogP contribution in [0.25, 0.3) is 21.8 Å². The molecular formula is C17H18N4O2. The Kier molecular flexibility index (Phi) is 3.18. The average Bonchev–Trinajstić information content (AvgIpc) is 3.19. The zero-order valence-electron chi connectivity index (χ0n) is 13.0. The third kappa shape index (κ3) is 2.13. The number of carbonyl (C=O) groups is 1. The quantitative estimate of drug-likeness (QED) is 0.721. The smallest absolute Gasteiger partial charge is 0.291 e. The average molecular weight is 310 g/mol. The maximum absolute atomic E-state index is 12.6. The molecule has 1 aliphatic rings. The van der Waals surface area contributed by atoms with E-state index in [9.17, 15) is 9.59 Å². The molecule has 1 fully saturated rings. The molecular weight excluding hydrogens is 292 g/mol. The topological polar surface area (TPSA) is 60.1 Å². The molecule has 0 saturated carbocycles. The van der Waals surface area contributed by atoms with Crippen LogP contribution in [-0.2, 0) is 18.4 Å². The largest absolute Gasteiger partial charge is 0.341 e. The van der Waals surface area contributed by atoms with Gasteiger partial charge >= 0.3 is 0 Å². The number of aryl methyl sites for hydroxylation is 1. The lowest BCUT2D eigenvalue weighted by atomic mass is 10.2. The number of para-hydroxylation sites is 1. The third-order valence-electron chi connectivity index (χ3n) is 4.62. The Morgan fingerprint density at radius 2 is 1.91 bits per heavy atom. The van der Waals surface area contributed by atoms with Gasteiger partial charge in [-0.05, 0) is 18.9 Å². The summed E-state index contributed by atoms with van der Waals surface area (Å²) in [7, 11) is 1.63. The van der Waals surface area contributed by atoms with Gasteiger partial charge in [-0.15, -0.1) is 0 Å². The van der Waals surface area contributed by atoms with Crippen molar-refractivity contribution in [3.05, 3.63) is 40.8 Å². The van der Waals surface area contributed by atoms with E-state index in [0.717, 1.165) is 42.2 Å². The number of hydrogen-bond donors (Lipinski definition) is 0. The van der Waals surface area contributed by atoms with Crippen LogP contribution in [0.15, 0.2) is 35.3 Å². The van der Waals surface area contributed by atoms with E-state index >= 15 is 0 Å². The molecule has 0 aliphatic carbocycles. The number of rotatable bonds is 2. The van der Waals surface area contributed by atoms with Gasteiger partial charge in [0.05, 0.1) is 6.20 Å². The van der Waals surface area contributed by atoms with E-state index in [1.165, 1.54) is 4.68 Å². The van der Waals surface area contributed by atoms with Crippen molar-refractivity contribution in [1.29, 1.82) is 0 Å². The minimum absolute atomic E-state index is 0.0732. The van der Waals surface area contributed by atoms with Crippen LogP contribution in [0.5, 0.6) is 0 Å². The van der Waals surface area contributed by atoms with E-state index in [0.29, 0.717) is 5.52 Å². The first-order valence-electron chi connectivity index (χ1n) is 7.88. The first-order valence-corrected chi connectivity index (χ1v) is 7.88. The number of aromatic nitrogens is 3. The van der Waals surface area contributed by atoms with Gasteiger partial charge in [-0.3, -0.25) is 9.59 Å². The predicted molar refractivity (Wildman–Crippen MR) is 88.3 cm³/mol. The molecule has 0 spiro atoms. The fourth-order valence-electron chi connectivity index (χ4n) is 3.41. The van der Waals surface area contributed by atoms with Gasteiger partial charge in [0.2, 0.25) is 5.91 Å². The van der Waals surface area contributed by atoms with Crippen molar-refractivity contribution in [3.63, 3.8) is 0 Å². The second-order valence-electron chi connectivity index (χ2n) is 6.03. The molecule has 118 valence electrons. The number of likely N-dealkylation sites (tertiary alicyclic amines) is 1. The molecule has 1 aromatic carbocycles. The summed E-state index contributed by atoms with van der Waals surface area (Å²) in [6.07, 6.45) is 3.82. The zero-order valence-corrected chi connectivity index (χ0v) is 13.0. The SMILES string of the molecule is Cn1ncc2c3ccccc3n(CC(=O)N3CCCC3)c2c1=O. The maximum atomic E-state index is 12.6. The number of benzene rings is 1. The van der Waals surface area contributed by atoms with Crippen LogP contribution < -0.4 is 5.56 Å². The molecule has 6 heteroatoms. The Morgan fingerprint density at radius 1 is 1.17 bits per heavy atom. The van der Waals surface area contributed by atoms with E-state index in [-0.39, 0.29) is 18.0 Å². The summed E-state index contributed by atoms with van der Waals surface area (Å²) in [5, 5.41) is 5.89. The van der Waals surface area contributed by atoms with Crippen LogP contribution in [0.4, 0.5) is 0 Å². The van der Waals surface area contributed by atoms with Crippen molar-refractivity contribution in [2.75, 3.05) is 13.1 Å². The second-order valence-corrected chi connectivity index (χ2v) is 6.03. The van der Waals surface area contributed by atoms with Gasteiger partial charge in [0, 0.05) is 36.4 Å². The molecule has 2 aromatic heterocycles. The second kappa shape index (κ2) is 5.22. The minimum Gasteiger partial charge on any atom is -0.341 e. The number of amides is 1. The predicted octanol–water partition coefficient (Wildman–Crippen LogP) is 1.51. The van der Waals surface area contributed by atoms with Gasteiger partial charge in [0.15, 0.2) is 0 Å². The van der Waals surface area contributed by atoms with E-state index in [2.05, 4.69) is 5.10 Å². The summed E-state index contributed by atoms with van der Waals surface area (Å²) in [4.78, 5) is 27.0. The number of hydrogen-bond acceptors (Lipinski definition) is 3. The van der Waals surface area contributed by atoms with Crippen molar-refractivity contribution < 1.29 is 4.79 Å². The van der Waals surface area contributed by atoms with E-state index in [1.54, 1.807) is 13.2 Å². The third-order valence-corrected chi connectivity index (χ3v) is 4.62. The highest BCUT2D eigenvalue weighted by molar-refractivity contribution is 6.07. The molecule has 1 saturated heterocycles. The zero-order chi connectivity index (χ0) is 16.0. The minimum atomic E-state index is -0.173. The van der Waals surface area contributed by atoms with Gasteiger partial charge < -0.3 is 9.47 Å². The van der Waals surface area contributed by atoms with Crippen LogP contribution >= 0.6 is 0 Å². The maximum Gasteiger partial charge on any atom is 0.291 e. The lowest BCUT2D eigenvalue weighted by Crippen LogP contribution is -2.32. The van der Waals surface area contributed by atoms with Crippen molar-refractivity contribution in [3.8, 4) is 0 Å². The van der Waals surface area contributed by atoms with Gasteiger partial charge in [-0.1, -0.05) is 18.2 Å². The highest BCUT2D eigenvalue weighted by Crippen LogP contribution is 2.26. The molecule has 23 heavy (non-hydrogen) atoms. The van der Waals surface area contributed by atoms with Crippen molar-refractivity contribution in [2.45, 2.75) is 19.4 Å². The van der Waals surface area contributed by atoms with Gasteiger partial charge in [-0.25, -0.2) is 4.68 Å². The van der Waals surface area contributed by atoms with Crippen LogP contribution in [0.2, 0.25) is 0 Å². The summed E-state index contributed by atoms with van der Waals surface area (Å²) in [5.41, 5.74) is 1.28. The molecule has 0 atom stereocenters. The van der Waals surface area contributed by atoms with Gasteiger partial charge in [0.1, 0.15) is 12.1 Å². The Labute approximate surface area is 132 Å². The molecule has 3 aromatic rings. The van der Waals surface area contributed by atoms with Crippen LogP contribution in [-0.4, -0.2) is 38.2 Å². The Hall–Kier alpha value is -2.63. The Morgan fingerprint density at radius 3 is 2.70 bits per heavy atom. The molecule has 6 nitrogen and oxygen atoms in total. The highest BCUT2D eigenvalue weighted by atomic mass is 16.2. The normalized spacial score (nSPS) is 14.9. The molecule has 4 rings (SSSR count). The molecule has 3 heterocycles. The summed E-state index contributed by atoms with van der Waals surface area (Å²) >= 11 is 0. The van der Waals surface area contributed by atoms with Crippen LogP contribution in [0.3, 0.4) is 0 Å². The molecule has 0 radical (unpaired) electrons. The van der Waals surface area contributed by atoms with Gasteiger partial charge in [0.25, 0.3) is 5.56 Å². The highest BCUT2D eigenvalue weighted by Gasteiger charge is 2.21. The molecule has 1 aliphatic heterocycles. The van der Waals surface area contributed by atoms with E-state index in [1.807, 2.05) is 33.7 Å². The summed E-state index contributed by atoms with van der Waals surface area (Å²) in [6, 6.07) is 7.78. The first kappa shape index (κ1) is 14.0. The van der Waals surface area contributed by atoms with Crippen LogP contribution in [0, 0.1) is 0 Å². The summed E-state index contributed by atoms with van der Waals surface area (Å²) < 4.78 is 3.16. The Bertz CT molecular complexity index is 964. The molecule has 0 bridgehead atoms. The fourth-order valence-corrected chi connectivity index (χ4v) is 3.41. The summed E-state index contributed by atoms with van der Waals surface area (Å²) in [6.45, 7) is 1.83. The van der Waals surface area contributed by atoms with E-state index < -0.39 is 0 Å². The molecule has 1 amide bonds. The number of nitrogens with zero attached hydrogens (tertiary/aromatic N) is 4. The number of fused-ring (bicyclic) bond motifs is 3. The molecule has 0 N–H and O–H groups in total. The fraction of sp³-hybridized carbons (Fsp3) is 0.353.